The lowest BCUT2D eigenvalue weighted by Crippen LogP contribution is -2.28. The molecule has 0 aliphatic heterocycles. The fraction of sp³-hybridized carbons (Fsp3) is 0.167. The number of para-hydroxylation sites is 1. The highest BCUT2D eigenvalue weighted by Crippen LogP contribution is 2.34. The standard InChI is InChI=1S/C12H10O6/c1-7(13)18-10-5-17-12-8(10)3-2-4-9(12)16-6-11(14)15/h2-5H,6H2,1H3,(H,14,15)/p-1. The van der Waals surface area contributed by atoms with Crippen LogP contribution in [0.3, 0.4) is 0 Å². The number of ether oxygens (including phenoxy) is 2. The summed E-state index contributed by atoms with van der Waals surface area (Å²) >= 11 is 0. The summed E-state index contributed by atoms with van der Waals surface area (Å²) in [6.45, 7) is 0.692. The zero-order valence-electron chi connectivity index (χ0n) is 9.47. The number of esters is 1. The van der Waals surface area contributed by atoms with Crippen LogP contribution < -0.4 is 14.6 Å². The van der Waals surface area contributed by atoms with Crippen LogP contribution in [0.1, 0.15) is 6.92 Å². The molecule has 0 saturated carbocycles. The molecule has 6 heteroatoms. The maximum Gasteiger partial charge on any atom is 0.308 e. The smallest absolute Gasteiger partial charge is 0.308 e. The number of aliphatic carboxylic acids is 1. The largest absolute Gasteiger partial charge is 0.546 e. The van der Waals surface area contributed by atoms with Crippen LogP contribution in [-0.4, -0.2) is 18.5 Å². The summed E-state index contributed by atoms with van der Waals surface area (Å²) in [4.78, 5) is 21.2. The molecule has 0 N–H and O–H groups in total. The molecular formula is C12H9O6-. The van der Waals surface area contributed by atoms with Crippen LogP contribution in [-0.2, 0) is 9.59 Å². The van der Waals surface area contributed by atoms with Crippen molar-refractivity contribution in [1.29, 1.82) is 0 Å². The highest BCUT2D eigenvalue weighted by Gasteiger charge is 2.13. The summed E-state index contributed by atoms with van der Waals surface area (Å²) in [6.07, 6.45) is 1.26. The van der Waals surface area contributed by atoms with Crippen molar-refractivity contribution in [3.05, 3.63) is 24.5 Å². The predicted octanol–water partition coefficient (Wildman–Crippen LogP) is 0.487. The first-order chi connectivity index (χ1) is 8.58. The highest BCUT2D eigenvalue weighted by atomic mass is 16.5. The maximum atomic E-state index is 10.9. The van der Waals surface area contributed by atoms with E-state index in [2.05, 4.69) is 0 Å². The summed E-state index contributed by atoms with van der Waals surface area (Å²) in [7, 11) is 0. The van der Waals surface area contributed by atoms with Gasteiger partial charge in [0.2, 0.25) is 0 Å². The summed E-state index contributed by atoms with van der Waals surface area (Å²) in [5, 5.41) is 10.9. The Balaban J connectivity index is 2.35. The number of carboxylic acids is 1. The minimum atomic E-state index is -1.33. The Kier molecular flexibility index (Phi) is 3.18. The van der Waals surface area contributed by atoms with Crippen molar-refractivity contribution in [2.24, 2.45) is 0 Å². The minimum absolute atomic E-state index is 0.245. The Morgan fingerprint density at radius 2 is 2.11 bits per heavy atom. The summed E-state index contributed by atoms with van der Waals surface area (Å²) in [5.41, 5.74) is 0.315. The molecule has 0 radical (unpaired) electrons. The average Bonchev–Trinajstić information content (AvgIpc) is 2.69. The number of hydrogen-bond acceptors (Lipinski definition) is 6. The molecule has 6 nitrogen and oxygen atoms in total. The first kappa shape index (κ1) is 12.0. The SMILES string of the molecule is CC(=O)Oc1coc2c(OCC(=O)[O-])cccc12. The number of hydrogen-bond donors (Lipinski definition) is 0. The van der Waals surface area contributed by atoms with E-state index >= 15 is 0 Å². The Labute approximate surface area is 102 Å². The lowest BCUT2D eigenvalue weighted by atomic mass is 10.2. The lowest BCUT2D eigenvalue weighted by Gasteiger charge is -2.06. The molecule has 0 aliphatic rings. The molecule has 18 heavy (non-hydrogen) atoms. The number of furan rings is 1. The van der Waals surface area contributed by atoms with Gasteiger partial charge in [-0.3, -0.25) is 4.79 Å². The van der Waals surface area contributed by atoms with Crippen LogP contribution in [0, 0.1) is 0 Å². The van der Waals surface area contributed by atoms with E-state index in [4.69, 9.17) is 13.9 Å². The lowest BCUT2D eigenvalue weighted by molar-refractivity contribution is -0.307. The fourth-order valence-corrected chi connectivity index (χ4v) is 1.49. The normalized spacial score (nSPS) is 10.3. The van der Waals surface area contributed by atoms with Crippen LogP contribution in [0.5, 0.6) is 11.5 Å². The molecule has 0 unspecified atom stereocenters. The van der Waals surface area contributed by atoms with Gasteiger partial charge in [-0.05, 0) is 12.1 Å². The van der Waals surface area contributed by atoms with Crippen molar-refractivity contribution in [3.8, 4) is 11.5 Å². The summed E-state index contributed by atoms with van der Waals surface area (Å²) in [6, 6.07) is 4.85. The molecule has 1 aromatic carbocycles. The van der Waals surface area contributed by atoms with Gasteiger partial charge in [0.15, 0.2) is 17.1 Å². The molecular weight excluding hydrogens is 240 g/mol. The Morgan fingerprint density at radius 1 is 1.33 bits per heavy atom. The van der Waals surface area contributed by atoms with Gasteiger partial charge >= 0.3 is 5.97 Å². The number of benzene rings is 1. The van der Waals surface area contributed by atoms with E-state index in [0.717, 1.165) is 0 Å². The molecule has 0 atom stereocenters. The summed E-state index contributed by atoms with van der Waals surface area (Å²) in [5.74, 6) is -1.30. The second-order valence-corrected chi connectivity index (χ2v) is 3.49. The van der Waals surface area contributed by atoms with Gasteiger partial charge in [0.25, 0.3) is 0 Å². The van der Waals surface area contributed by atoms with E-state index in [9.17, 15) is 14.7 Å². The van der Waals surface area contributed by atoms with E-state index in [0.29, 0.717) is 11.0 Å². The third-order valence-corrected chi connectivity index (χ3v) is 2.13. The van der Waals surface area contributed by atoms with Gasteiger partial charge in [0, 0.05) is 6.92 Å². The first-order valence-electron chi connectivity index (χ1n) is 5.09. The number of carboxylic acid groups (broad SMARTS) is 1. The molecule has 0 aliphatic carbocycles. The maximum absolute atomic E-state index is 10.9. The highest BCUT2D eigenvalue weighted by molar-refractivity contribution is 5.90. The minimum Gasteiger partial charge on any atom is -0.546 e. The van der Waals surface area contributed by atoms with Gasteiger partial charge in [-0.25, -0.2) is 0 Å². The number of carbonyl (C=O) groups is 2. The Morgan fingerprint density at radius 3 is 2.78 bits per heavy atom. The Hall–Kier alpha value is -2.50. The number of fused-ring (bicyclic) bond motifs is 1. The van der Waals surface area contributed by atoms with Crippen molar-refractivity contribution in [2.75, 3.05) is 6.61 Å². The van der Waals surface area contributed by atoms with Crippen LogP contribution in [0.4, 0.5) is 0 Å². The average molecular weight is 249 g/mol. The van der Waals surface area contributed by atoms with Gasteiger partial charge in [-0.2, -0.15) is 0 Å². The molecule has 0 saturated heterocycles. The second kappa shape index (κ2) is 4.79. The zero-order valence-corrected chi connectivity index (χ0v) is 9.47. The number of rotatable bonds is 4. The third-order valence-electron chi connectivity index (χ3n) is 2.13. The predicted molar refractivity (Wildman–Crippen MR) is 58.0 cm³/mol. The fourth-order valence-electron chi connectivity index (χ4n) is 1.49. The van der Waals surface area contributed by atoms with Crippen molar-refractivity contribution in [1.82, 2.24) is 0 Å². The van der Waals surface area contributed by atoms with Gasteiger partial charge in [0.05, 0.1) is 11.4 Å². The second-order valence-electron chi connectivity index (χ2n) is 3.49. The van der Waals surface area contributed by atoms with Crippen molar-refractivity contribution < 1.29 is 28.6 Å². The van der Waals surface area contributed by atoms with Crippen molar-refractivity contribution in [3.63, 3.8) is 0 Å². The molecule has 0 fully saturated rings. The van der Waals surface area contributed by atoms with Gasteiger partial charge in [-0.1, -0.05) is 6.07 Å². The van der Waals surface area contributed by atoms with Crippen molar-refractivity contribution in [2.45, 2.75) is 6.92 Å². The third kappa shape index (κ3) is 2.42. The molecule has 0 bridgehead atoms. The number of carbonyl (C=O) groups excluding carboxylic acids is 2. The van der Waals surface area contributed by atoms with Gasteiger partial charge in [-0.15, -0.1) is 0 Å². The summed E-state index contributed by atoms with van der Waals surface area (Å²) < 4.78 is 15.1. The molecule has 1 aromatic heterocycles. The molecule has 2 aromatic rings. The first-order valence-corrected chi connectivity index (χ1v) is 5.09. The van der Waals surface area contributed by atoms with Crippen LogP contribution in [0.15, 0.2) is 28.9 Å². The van der Waals surface area contributed by atoms with E-state index < -0.39 is 18.5 Å². The molecule has 0 amide bonds. The topological polar surface area (TPSA) is 88.8 Å². The van der Waals surface area contributed by atoms with E-state index in [1.165, 1.54) is 13.2 Å². The van der Waals surface area contributed by atoms with E-state index in [1.54, 1.807) is 18.2 Å². The molecule has 2 rings (SSSR count). The Bertz CT molecular complexity index is 598. The molecule has 94 valence electrons. The molecule has 0 spiro atoms. The van der Waals surface area contributed by atoms with Crippen LogP contribution >= 0.6 is 0 Å². The van der Waals surface area contributed by atoms with Crippen molar-refractivity contribution >= 4 is 22.9 Å². The van der Waals surface area contributed by atoms with Gasteiger partial charge in [0.1, 0.15) is 12.9 Å². The van der Waals surface area contributed by atoms with Gasteiger partial charge < -0.3 is 23.8 Å². The molecule has 1 heterocycles. The monoisotopic (exact) mass is 249 g/mol. The van der Waals surface area contributed by atoms with E-state index in [1.807, 2.05) is 0 Å². The van der Waals surface area contributed by atoms with Crippen LogP contribution in [0.2, 0.25) is 0 Å². The quantitative estimate of drug-likeness (QED) is 0.732. The van der Waals surface area contributed by atoms with Crippen LogP contribution in [0.25, 0.3) is 11.0 Å². The van der Waals surface area contributed by atoms with E-state index in [-0.39, 0.29) is 11.5 Å². The zero-order chi connectivity index (χ0) is 13.1.